The molecule has 5 heteroatoms. The van der Waals surface area contributed by atoms with Gasteiger partial charge in [0.1, 0.15) is 6.04 Å². The number of benzene rings is 1. The summed E-state index contributed by atoms with van der Waals surface area (Å²) in [6, 6.07) is 9.09. The second kappa shape index (κ2) is 8.58. The van der Waals surface area contributed by atoms with Crippen molar-refractivity contribution in [2.75, 3.05) is 5.75 Å². The Morgan fingerprint density at radius 1 is 1.32 bits per heavy atom. The molecule has 0 aromatic heterocycles. The number of hydrogen-bond donors (Lipinski definition) is 2. The van der Waals surface area contributed by atoms with Crippen molar-refractivity contribution in [3.8, 4) is 0 Å². The van der Waals surface area contributed by atoms with E-state index in [4.69, 9.17) is 5.11 Å². The first-order chi connectivity index (χ1) is 9.13. The van der Waals surface area contributed by atoms with Crippen molar-refractivity contribution in [3.63, 3.8) is 0 Å². The van der Waals surface area contributed by atoms with Gasteiger partial charge in [-0.3, -0.25) is 4.79 Å². The van der Waals surface area contributed by atoms with Gasteiger partial charge in [-0.25, -0.2) is 4.79 Å². The van der Waals surface area contributed by atoms with E-state index in [2.05, 4.69) is 5.32 Å². The van der Waals surface area contributed by atoms with Gasteiger partial charge in [-0.2, -0.15) is 0 Å². The van der Waals surface area contributed by atoms with Gasteiger partial charge in [-0.05, 0) is 12.0 Å². The predicted molar refractivity (Wildman–Crippen MR) is 77.1 cm³/mol. The summed E-state index contributed by atoms with van der Waals surface area (Å²) in [5.74, 6) is -0.160. The molecule has 19 heavy (non-hydrogen) atoms. The highest BCUT2D eigenvalue weighted by atomic mass is 32.2. The highest BCUT2D eigenvalue weighted by Gasteiger charge is 2.18. The standard InChI is InChI=1S/C14H19NO3S/c1-2-6-12(14(17)18)15-13(16)10-19-9-11-7-4-3-5-8-11/h3-5,7-8,12H,2,6,9-10H2,1H3,(H,15,16)(H,17,18)/t12-/m0/s1. The number of amides is 1. The fraction of sp³-hybridized carbons (Fsp3) is 0.429. The van der Waals surface area contributed by atoms with E-state index < -0.39 is 12.0 Å². The second-order valence-corrected chi connectivity index (χ2v) is 5.21. The molecule has 0 saturated heterocycles. The van der Waals surface area contributed by atoms with Crippen LogP contribution in [0, 0.1) is 0 Å². The van der Waals surface area contributed by atoms with Crippen molar-refractivity contribution in [1.82, 2.24) is 5.32 Å². The maximum Gasteiger partial charge on any atom is 0.326 e. The lowest BCUT2D eigenvalue weighted by Crippen LogP contribution is -2.41. The van der Waals surface area contributed by atoms with Crippen LogP contribution in [-0.2, 0) is 15.3 Å². The van der Waals surface area contributed by atoms with Crippen LogP contribution in [0.5, 0.6) is 0 Å². The Balaban J connectivity index is 2.29. The molecule has 1 aromatic carbocycles. The van der Waals surface area contributed by atoms with Gasteiger partial charge in [-0.1, -0.05) is 43.7 Å². The third kappa shape index (κ3) is 6.29. The molecule has 0 bridgehead atoms. The lowest BCUT2D eigenvalue weighted by atomic mass is 10.2. The Kier molecular flexibility index (Phi) is 7.03. The predicted octanol–water partition coefficient (Wildman–Crippen LogP) is 2.29. The average molecular weight is 281 g/mol. The molecule has 0 spiro atoms. The number of carboxylic acids is 1. The molecule has 2 N–H and O–H groups in total. The first-order valence-corrected chi connectivity index (χ1v) is 7.42. The van der Waals surface area contributed by atoms with Crippen LogP contribution in [0.2, 0.25) is 0 Å². The Morgan fingerprint density at radius 2 is 2.00 bits per heavy atom. The number of hydrogen-bond acceptors (Lipinski definition) is 3. The molecule has 1 amide bonds. The van der Waals surface area contributed by atoms with Crippen LogP contribution in [0.25, 0.3) is 0 Å². The Morgan fingerprint density at radius 3 is 2.58 bits per heavy atom. The summed E-state index contributed by atoms with van der Waals surface area (Å²) in [4.78, 5) is 22.5. The lowest BCUT2D eigenvalue weighted by molar-refractivity contribution is -0.141. The van der Waals surface area contributed by atoms with E-state index in [0.717, 1.165) is 17.7 Å². The zero-order chi connectivity index (χ0) is 14.1. The van der Waals surface area contributed by atoms with E-state index in [1.165, 1.54) is 11.8 Å². The molecule has 0 aliphatic rings. The zero-order valence-electron chi connectivity index (χ0n) is 11.0. The average Bonchev–Trinajstić information content (AvgIpc) is 2.39. The molecule has 0 unspecified atom stereocenters. The monoisotopic (exact) mass is 281 g/mol. The molecule has 0 radical (unpaired) electrons. The maximum atomic E-state index is 11.6. The van der Waals surface area contributed by atoms with Gasteiger partial charge in [0, 0.05) is 5.75 Å². The number of carbonyl (C=O) groups is 2. The van der Waals surface area contributed by atoms with E-state index in [1.54, 1.807) is 0 Å². The van der Waals surface area contributed by atoms with E-state index in [-0.39, 0.29) is 11.7 Å². The van der Waals surface area contributed by atoms with Gasteiger partial charge in [-0.15, -0.1) is 11.8 Å². The molecule has 0 heterocycles. The molecule has 1 rings (SSSR count). The van der Waals surface area contributed by atoms with Gasteiger partial charge in [0.2, 0.25) is 5.91 Å². The Bertz CT molecular complexity index is 408. The fourth-order valence-corrected chi connectivity index (χ4v) is 2.42. The second-order valence-electron chi connectivity index (χ2n) is 4.23. The number of rotatable bonds is 8. The molecule has 0 aliphatic heterocycles. The Labute approximate surface area is 117 Å². The Hall–Kier alpha value is -1.49. The third-order valence-corrected chi connectivity index (χ3v) is 3.56. The molecular weight excluding hydrogens is 262 g/mol. The third-order valence-electron chi connectivity index (χ3n) is 2.56. The molecule has 4 nitrogen and oxygen atoms in total. The van der Waals surface area contributed by atoms with Crippen LogP contribution in [0.1, 0.15) is 25.3 Å². The minimum atomic E-state index is -0.969. The molecular formula is C14H19NO3S. The summed E-state index contributed by atoms with van der Waals surface area (Å²) < 4.78 is 0. The number of aliphatic carboxylic acids is 1. The van der Waals surface area contributed by atoms with Gasteiger partial charge in [0.05, 0.1) is 5.75 Å². The number of carbonyl (C=O) groups excluding carboxylic acids is 1. The smallest absolute Gasteiger partial charge is 0.326 e. The maximum absolute atomic E-state index is 11.6. The van der Waals surface area contributed by atoms with Crippen molar-refractivity contribution >= 4 is 23.6 Å². The van der Waals surface area contributed by atoms with Crippen molar-refractivity contribution in [2.24, 2.45) is 0 Å². The van der Waals surface area contributed by atoms with Crippen LogP contribution in [-0.4, -0.2) is 28.8 Å². The highest BCUT2D eigenvalue weighted by Crippen LogP contribution is 2.11. The number of carboxylic acid groups (broad SMARTS) is 1. The summed E-state index contributed by atoms with van der Waals surface area (Å²) in [6.07, 6.45) is 1.19. The van der Waals surface area contributed by atoms with E-state index in [1.807, 2.05) is 37.3 Å². The van der Waals surface area contributed by atoms with Gasteiger partial charge in [0.15, 0.2) is 0 Å². The summed E-state index contributed by atoms with van der Waals surface area (Å²) in [5.41, 5.74) is 1.16. The van der Waals surface area contributed by atoms with Crippen molar-refractivity contribution in [1.29, 1.82) is 0 Å². The van der Waals surface area contributed by atoms with Crippen LogP contribution >= 0.6 is 11.8 Å². The number of nitrogens with one attached hydrogen (secondary N) is 1. The summed E-state index contributed by atoms with van der Waals surface area (Å²) in [6.45, 7) is 1.90. The fourth-order valence-electron chi connectivity index (χ4n) is 1.62. The lowest BCUT2D eigenvalue weighted by Gasteiger charge is -2.13. The van der Waals surface area contributed by atoms with Crippen LogP contribution in [0.15, 0.2) is 30.3 Å². The van der Waals surface area contributed by atoms with Gasteiger partial charge < -0.3 is 10.4 Å². The van der Waals surface area contributed by atoms with Crippen molar-refractivity contribution in [3.05, 3.63) is 35.9 Å². The summed E-state index contributed by atoms with van der Waals surface area (Å²) in [7, 11) is 0. The minimum absolute atomic E-state index is 0.221. The topological polar surface area (TPSA) is 66.4 Å². The van der Waals surface area contributed by atoms with Crippen LogP contribution < -0.4 is 5.32 Å². The van der Waals surface area contributed by atoms with Crippen LogP contribution in [0.3, 0.4) is 0 Å². The quantitative estimate of drug-likeness (QED) is 0.767. The first-order valence-electron chi connectivity index (χ1n) is 6.27. The highest BCUT2D eigenvalue weighted by molar-refractivity contribution is 7.99. The summed E-state index contributed by atoms with van der Waals surface area (Å²) in [5, 5.41) is 11.5. The zero-order valence-corrected chi connectivity index (χ0v) is 11.8. The molecule has 1 atom stereocenters. The van der Waals surface area contributed by atoms with Crippen molar-refractivity contribution in [2.45, 2.75) is 31.6 Å². The molecule has 0 fully saturated rings. The number of thioether (sulfide) groups is 1. The van der Waals surface area contributed by atoms with E-state index in [0.29, 0.717) is 6.42 Å². The largest absolute Gasteiger partial charge is 0.480 e. The summed E-state index contributed by atoms with van der Waals surface area (Å²) >= 11 is 1.48. The van der Waals surface area contributed by atoms with E-state index >= 15 is 0 Å². The molecule has 1 aromatic rings. The molecule has 0 aliphatic carbocycles. The molecule has 0 saturated carbocycles. The minimum Gasteiger partial charge on any atom is -0.480 e. The molecule has 104 valence electrons. The van der Waals surface area contributed by atoms with Crippen LogP contribution in [0.4, 0.5) is 0 Å². The van der Waals surface area contributed by atoms with Gasteiger partial charge >= 0.3 is 5.97 Å². The normalized spacial score (nSPS) is 11.8. The van der Waals surface area contributed by atoms with E-state index in [9.17, 15) is 9.59 Å². The van der Waals surface area contributed by atoms with Crippen molar-refractivity contribution < 1.29 is 14.7 Å². The van der Waals surface area contributed by atoms with Gasteiger partial charge in [0.25, 0.3) is 0 Å². The first kappa shape index (κ1) is 15.6. The SMILES string of the molecule is CCC[C@H](NC(=O)CSCc1ccccc1)C(=O)O.